The van der Waals surface area contributed by atoms with Crippen LogP contribution in [0, 0.1) is 5.82 Å². The average Bonchev–Trinajstić information content (AvgIpc) is 3.03. The number of carbonyl (C=O) groups is 1. The smallest absolute Gasteiger partial charge is 0.240 e. The number of hydrogen-bond acceptors (Lipinski definition) is 6. The van der Waals surface area contributed by atoms with Crippen molar-refractivity contribution < 1.29 is 18.7 Å². The first kappa shape index (κ1) is 19.1. The molecular weight excluding hydrogens is 369 g/mol. The van der Waals surface area contributed by atoms with Crippen LogP contribution in [0.2, 0.25) is 0 Å². The largest absolute Gasteiger partial charge is 0.497 e. The van der Waals surface area contributed by atoms with E-state index in [-0.39, 0.29) is 18.3 Å². The van der Waals surface area contributed by atoms with Crippen LogP contribution in [0.15, 0.2) is 42.5 Å². The lowest BCUT2D eigenvalue weighted by Crippen LogP contribution is -2.33. The van der Waals surface area contributed by atoms with Crippen molar-refractivity contribution in [3.63, 3.8) is 0 Å². The summed E-state index contributed by atoms with van der Waals surface area (Å²) in [6, 6.07) is 11.7. The quantitative estimate of drug-likeness (QED) is 0.640. The highest BCUT2D eigenvalue weighted by Crippen LogP contribution is 2.26. The molecule has 142 valence electrons. The molecule has 0 aliphatic rings. The van der Waals surface area contributed by atoms with E-state index in [4.69, 9.17) is 9.47 Å². The molecule has 6 nitrogen and oxygen atoms in total. The number of nitrogens with zero attached hydrogens (tertiary/aromatic N) is 2. The molecule has 0 saturated carbocycles. The van der Waals surface area contributed by atoms with Crippen molar-refractivity contribution in [2.45, 2.75) is 0 Å². The molecule has 0 aliphatic heterocycles. The Morgan fingerprint density at radius 2 is 1.96 bits per heavy atom. The molecule has 3 rings (SSSR count). The number of rotatable bonds is 8. The van der Waals surface area contributed by atoms with Crippen LogP contribution in [0.25, 0.3) is 10.2 Å². The summed E-state index contributed by atoms with van der Waals surface area (Å²) in [7, 11) is 3.45. The number of thiazole rings is 1. The minimum absolute atomic E-state index is 0.179. The van der Waals surface area contributed by atoms with Gasteiger partial charge in [0.2, 0.25) is 5.91 Å². The second kappa shape index (κ2) is 8.79. The highest BCUT2D eigenvalue weighted by atomic mass is 32.1. The Kier molecular flexibility index (Phi) is 6.20. The number of hydrogen-bond donors (Lipinski definition) is 1. The zero-order valence-electron chi connectivity index (χ0n) is 15.1. The van der Waals surface area contributed by atoms with Crippen LogP contribution in [0.4, 0.5) is 9.52 Å². The summed E-state index contributed by atoms with van der Waals surface area (Å²) < 4.78 is 24.7. The van der Waals surface area contributed by atoms with E-state index < -0.39 is 0 Å². The van der Waals surface area contributed by atoms with Crippen molar-refractivity contribution in [3.05, 3.63) is 48.3 Å². The Hall–Kier alpha value is -2.71. The van der Waals surface area contributed by atoms with Gasteiger partial charge in [-0.3, -0.25) is 9.69 Å². The molecule has 1 aromatic heterocycles. The fraction of sp³-hybridized carbons (Fsp3) is 0.263. The molecule has 0 spiro atoms. The second-order valence-electron chi connectivity index (χ2n) is 5.94. The average molecular weight is 389 g/mol. The van der Waals surface area contributed by atoms with E-state index in [9.17, 15) is 9.18 Å². The molecular formula is C19H20FN3O3S. The number of amides is 1. The van der Waals surface area contributed by atoms with Gasteiger partial charge in [0.1, 0.15) is 23.9 Å². The van der Waals surface area contributed by atoms with E-state index in [0.717, 1.165) is 11.5 Å². The third-order valence-electron chi connectivity index (χ3n) is 3.81. The molecule has 0 bridgehead atoms. The van der Waals surface area contributed by atoms with Gasteiger partial charge in [-0.25, -0.2) is 9.37 Å². The molecule has 0 fully saturated rings. The van der Waals surface area contributed by atoms with Crippen molar-refractivity contribution in [2.75, 3.05) is 39.2 Å². The molecule has 1 heterocycles. The highest BCUT2D eigenvalue weighted by molar-refractivity contribution is 7.22. The zero-order chi connectivity index (χ0) is 19.2. The van der Waals surface area contributed by atoms with E-state index in [1.807, 2.05) is 36.2 Å². The Morgan fingerprint density at radius 3 is 2.70 bits per heavy atom. The van der Waals surface area contributed by atoms with Gasteiger partial charge in [-0.15, -0.1) is 0 Å². The molecule has 8 heteroatoms. The van der Waals surface area contributed by atoms with Crippen LogP contribution < -0.4 is 14.8 Å². The van der Waals surface area contributed by atoms with E-state index >= 15 is 0 Å². The zero-order valence-corrected chi connectivity index (χ0v) is 15.9. The molecule has 0 saturated heterocycles. The van der Waals surface area contributed by atoms with Crippen LogP contribution in [0.5, 0.6) is 11.5 Å². The number of anilines is 1. The number of nitrogens with one attached hydrogen (secondary N) is 1. The molecule has 0 unspecified atom stereocenters. The van der Waals surface area contributed by atoms with Crippen LogP contribution in [0.1, 0.15) is 0 Å². The van der Waals surface area contributed by atoms with Crippen molar-refractivity contribution in [1.82, 2.24) is 9.88 Å². The van der Waals surface area contributed by atoms with Crippen LogP contribution in [0.3, 0.4) is 0 Å². The number of carbonyl (C=O) groups excluding carboxylic acids is 1. The fourth-order valence-corrected chi connectivity index (χ4v) is 3.33. The lowest BCUT2D eigenvalue weighted by molar-refractivity contribution is -0.117. The maximum atomic E-state index is 13.2. The number of halogens is 1. The summed E-state index contributed by atoms with van der Waals surface area (Å²) >= 11 is 1.25. The van der Waals surface area contributed by atoms with Gasteiger partial charge in [0.15, 0.2) is 5.13 Å². The van der Waals surface area contributed by atoms with Crippen LogP contribution >= 0.6 is 11.3 Å². The van der Waals surface area contributed by atoms with E-state index in [2.05, 4.69) is 10.3 Å². The summed E-state index contributed by atoms with van der Waals surface area (Å²) in [6.07, 6.45) is 0. The van der Waals surface area contributed by atoms with Gasteiger partial charge in [-0.2, -0.15) is 0 Å². The number of fused-ring (bicyclic) bond motifs is 1. The minimum atomic E-state index is -0.319. The van der Waals surface area contributed by atoms with E-state index in [0.29, 0.717) is 28.5 Å². The normalized spacial score (nSPS) is 11.0. The Labute approximate surface area is 160 Å². The van der Waals surface area contributed by atoms with E-state index in [1.165, 1.54) is 23.5 Å². The number of likely N-dealkylation sites (N-methyl/N-ethyl adjacent to an activating group) is 1. The summed E-state index contributed by atoms with van der Waals surface area (Å²) in [5, 5.41) is 3.21. The predicted molar refractivity (Wildman–Crippen MR) is 104 cm³/mol. The molecule has 1 N–H and O–H groups in total. The van der Waals surface area contributed by atoms with Gasteiger partial charge in [-0.1, -0.05) is 11.3 Å². The number of benzene rings is 2. The Morgan fingerprint density at radius 1 is 1.22 bits per heavy atom. The Balaban J connectivity index is 1.43. The maximum Gasteiger partial charge on any atom is 0.240 e. The molecule has 0 aliphatic carbocycles. The van der Waals surface area contributed by atoms with Gasteiger partial charge >= 0.3 is 0 Å². The molecule has 0 atom stereocenters. The monoisotopic (exact) mass is 389 g/mol. The second-order valence-corrected chi connectivity index (χ2v) is 6.97. The first-order valence-electron chi connectivity index (χ1n) is 8.35. The molecule has 0 radical (unpaired) electrons. The van der Waals surface area contributed by atoms with Crippen molar-refractivity contribution in [2.24, 2.45) is 0 Å². The van der Waals surface area contributed by atoms with Crippen molar-refractivity contribution in [1.29, 1.82) is 0 Å². The number of methoxy groups -OCH3 is 1. The van der Waals surface area contributed by atoms with E-state index in [1.54, 1.807) is 13.2 Å². The summed E-state index contributed by atoms with van der Waals surface area (Å²) in [6.45, 7) is 1.25. The SMILES string of the molecule is COc1ccc(OCCN(C)CC(=O)Nc2nc3ccc(F)cc3s2)cc1. The Bertz CT molecular complexity index is 914. The molecule has 27 heavy (non-hydrogen) atoms. The first-order valence-corrected chi connectivity index (χ1v) is 9.16. The highest BCUT2D eigenvalue weighted by Gasteiger charge is 2.11. The van der Waals surface area contributed by atoms with Gasteiger partial charge in [-0.05, 0) is 49.5 Å². The standard InChI is InChI=1S/C19H20FN3O3S/c1-23(9-10-26-15-6-4-14(25-2)5-7-15)12-18(24)22-19-21-16-8-3-13(20)11-17(16)27-19/h3-8,11H,9-10,12H2,1-2H3,(H,21,22,24). The van der Waals surface area contributed by atoms with Gasteiger partial charge in [0.05, 0.1) is 23.9 Å². The van der Waals surface area contributed by atoms with Crippen LogP contribution in [-0.2, 0) is 4.79 Å². The van der Waals surface area contributed by atoms with Crippen molar-refractivity contribution >= 4 is 32.6 Å². The lowest BCUT2D eigenvalue weighted by atomic mass is 10.3. The van der Waals surface area contributed by atoms with Gasteiger partial charge < -0.3 is 14.8 Å². The number of ether oxygens (including phenoxy) is 2. The number of aromatic nitrogens is 1. The van der Waals surface area contributed by atoms with Gasteiger partial charge in [0, 0.05) is 6.54 Å². The minimum Gasteiger partial charge on any atom is -0.497 e. The molecule has 1 amide bonds. The fourth-order valence-electron chi connectivity index (χ4n) is 2.43. The first-order chi connectivity index (χ1) is 13.0. The summed E-state index contributed by atoms with van der Waals surface area (Å²) in [4.78, 5) is 18.3. The predicted octanol–water partition coefficient (Wildman–Crippen LogP) is 3.39. The molecule has 3 aromatic rings. The third-order valence-corrected chi connectivity index (χ3v) is 4.75. The van der Waals surface area contributed by atoms with Crippen molar-refractivity contribution in [3.8, 4) is 11.5 Å². The molecule has 2 aromatic carbocycles. The van der Waals surface area contributed by atoms with Gasteiger partial charge in [0.25, 0.3) is 0 Å². The summed E-state index contributed by atoms with van der Waals surface area (Å²) in [5.74, 6) is 1.02. The maximum absolute atomic E-state index is 13.2. The lowest BCUT2D eigenvalue weighted by Gasteiger charge is -2.16. The van der Waals surface area contributed by atoms with Crippen LogP contribution in [-0.4, -0.2) is 49.6 Å². The third kappa shape index (κ3) is 5.38. The topological polar surface area (TPSA) is 63.7 Å². The summed E-state index contributed by atoms with van der Waals surface area (Å²) in [5.41, 5.74) is 0.665.